The topological polar surface area (TPSA) is 33.4 Å². The van der Waals surface area contributed by atoms with Gasteiger partial charge in [0.1, 0.15) is 9.52 Å². The van der Waals surface area contributed by atoms with E-state index in [0.29, 0.717) is 18.8 Å². The fourth-order valence-electron chi connectivity index (χ4n) is 2.17. The minimum atomic E-state index is -2.61. The lowest BCUT2D eigenvalue weighted by Crippen LogP contribution is -2.43. The van der Waals surface area contributed by atoms with Crippen LogP contribution in [0.4, 0.5) is 14.6 Å². The quantitative estimate of drug-likeness (QED) is 0.730. The monoisotopic (exact) mass is 364 g/mol. The third-order valence-corrected chi connectivity index (χ3v) is 3.76. The van der Waals surface area contributed by atoms with Crippen molar-refractivity contribution in [3.8, 4) is 0 Å². The Bertz CT molecular complexity index is 583. The van der Waals surface area contributed by atoms with Crippen molar-refractivity contribution >= 4 is 34.1 Å². The zero-order valence-electron chi connectivity index (χ0n) is 9.48. The van der Waals surface area contributed by atoms with Crippen LogP contribution in [0.2, 0.25) is 0 Å². The van der Waals surface area contributed by atoms with Crippen LogP contribution in [0.5, 0.6) is 0 Å². The summed E-state index contributed by atoms with van der Waals surface area (Å²) in [6.07, 6.45) is 2.17. The van der Waals surface area contributed by atoms with E-state index in [4.69, 9.17) is 0 Å². The molecule has 1 saturated heterocycles. The fourth-order valence-corrected chi connectivity index (χ4v) is 2.66. The number of hydrogen-bond acceptors (Lipinski definition) is 3. The molecule has 0 saturated carbocycles. The number of imidazole rings is 1. The molecule has 96 valence electrons. The van der Waals surface area contributed by atoms with Crippen LogP contribution in [-0.4, -0.2) is 33.6 Å². The number of nitrogens with zero attached hydrogens (tertiary/aromatic N) is 4. The van der Waals surface area contributed by atoms with Crippen molar-refractivity contribution in [1.82, 2.24) is 14.6 Å². The molecule has 0 bridgehead atoms. The maximum atomic E-state index is 13.4. The molecule has 3 heterocycles. The van der Waals surface area contributed by atoms with Crippen LogP contribution < -0.4 is 4.90 Å². The zero-order valence-corrected chi connectivity index (χ0v) is 11.6. The van der Waals surface area contributed by atoms with E-state index in [1.807, 2.05) is 0 Å². The molecule has 2 aromatic rings. The van der Waals surface area contributed by atoms with Crippen molar-refractivity contribution in [3.63, 3.8) is 0 Å². The van der Waals surface area contributed by atoms with E-state index in [9.17, 15) is 8.78 Å². The van der Waals surface area contributed by atoms with Crippen LogP contribution in [0.25, 0.3) is 5.65 Å². The van der Waals surface area contributed by atoms with Gasteiger partial charge in [-0.2, -0.15) is 0 Å². The van der Waals surface area contributed by atoms with Crippen LogP contribution in [0, 0.1) is 3.70 Å². The van der Waals surface area contributed by atoms with Gasteiger partial charge in [-0.3, -0.25) is 0 Å². The Morgan fingerprint density at radius 2 is 2.17 bits per heavy atom. The highest BCUT2D eigenvalue weighted by Gasteiger charge is 2.35. The number of fused-ring (bicyclic) bond motifs is 1. The first kappa shape index (κ1) is 12.1. The average Bonchev–Trinajstić information content (AvgIpc) is 2.69. The van der Waals surface area contributed by atoms with E-state index in [1.54, 1.807) is 27.7 Å². The maximum Gasteiger partial charge on any atom is 0.265 e. The molecule has 1 aliphatic heterocycles. The molecule has 0 aromatic carbocycles. The number of rotatable bonds is 1. The van der Waals surface area contributed by atoms with Gasteiger partial charge in [0, 0.05) is 13.0 Å². The van der Waals surface area contributed by atoms with Gasteiger partial charge in [-0.05, 0) is 41.1 Å². The van der Waals surface area contributed by atoms with Crippen LogP contribution >= 0.6 is 22.6 Å². The predicted molar refractivity (Wildman–Crippen MR) is 72.1 cm³/mol. The van der Waals surface area contributed by atoms with Gasteiger partial charge in [-0.1, -0.05) is 0 Å². The summed E-state index contributed by atoms with van der Waals surface area (Å²) >= 11 is 2.12. The van der Waals surface area contributed by atoms with Gasteiger partial charge in [0.25, 0.3) is 5.92 Å². The van der Waals surface area contributed by atoms with Gasteiger partial charge < -0.3 is 4.90 Å². The van der Waals surface area contributed by atoms with E-state index in [0.717, 1.165) is 9.35 Å². The highest BCUT2D eigenvalue weighted by atomic mass is 127. The maximum absolute atomic E-state index is 13.4. The van der Waals surface area contributed by atoms with Crippen LogP contribution in [0.15, 0.2) is 18.3 Å². The summed E-state index contributed by atoms with van der Waals surface area (Å²) in [5, 5.41) is 4.36. The van der Waals surface area contributed by atoms with E-state index < -0.39 is 5.92 Å². The molecule has 2 aromatic heterocycles. The van der Waals surface area contributed by atoms with Crippen LogP contribution in [0.1, 0.15) is 12.8 Å². The fraction of sp³-hybridized carbons (Fsp3) is 0.455. The molecule has 0 aliphatic carbocycles. The Kier molecular flexibility index (Phi) is 2.87. The Labute approximate surface area is 116 Å². The van der Waals surface area contributed by atoms with Crippen molar-refractivity contribution in [1.29, 1.82) is 0 Å². The third-order valence-electron chi connectivity index (χ3n) is 3.02. The second-order valence-corrected chi connectivity index (χ2v) is 5.53. The highest BCUT2D eigenvalue weighted by Crippen LogP contribution is 2.29. The first-order valence-electron chi connectivity index (χ1n) is 5.68. The first-order chi connectivity index (χ1) is 8.55. The molecule has 0 N–H and O–H groups in total. The molecule has 0 unspecified atom stereocenters. The Morgan fingerprint density at radius 3 is 2.94 bits per heavy atom. The van der Waals surface area contributed by atoms with E-state index in [1.165, 1.54) is 0 Å². The van der Waals surface area contributed by atoms with E-state index in [2.05, 4.69) is 32.7 Å². The standard InChI is InChI=1S/C11H11F2IN4/c12-11(13)4-1-5-17(7-11)10-3-2-9-15-6-8(14)18(9)16-10/h2-3,6H,1,4-5,7H2. The molecule has 1 fully saturated rings. The lowest BCUT2D eigenvalue weighted by molar-refractivity contribution is -0.0119. The predicted octanol–water partition coefficient (Wildman–Crippen LogP) is 2.57. The average molecular weight is 364 g/mol. The second kappa shape index (κ2) is 4.29. The Hall–Kier alpha value is -0.990. The Balaban J connectivity index is 1.96. The van der Waals surface area contributed by atoms with Gasteiger partial charge in [-0.15, -0.1) is 5.10 Å². The molecule has 18 heavy (non-hydrogen) atoms. The van der Waals surface area contributed by atoms with E-state index >= 15 is 0 Å². The molecular weight excluding hydrogens is 353 g/mol. The SMILES string of the molecule is FC1(F)CCCN(c2ccc3ncc(I)n3n2)C1. The van der Waals surface area contributed by atoms with Crippen molar-refractivity contribution in [2.24, 2.45) is 0 Å². The third kappa shape index (κ3) is 2.15. The molecule has 3 rings (SSSR count). The normalized spacial score (nSPS) is 19.4. The summed E-state index contributed by atoms with van der Waals surface area (Å²) < 4.78 is 29.3. The van der Waals surface area contributed by atoms with Crippen molar-refractivity contribution in [3.05, 3.63) is 22.0 Å². The number of piperidine rings is 1. The largest absolute Gasteiger partial charge is 0.349 e. The number of halogens is 3. The van der Waals surface area contributed by atoms with Crippen molar-refractivity contribution < 1.29 is 8.78 Å². The number of hydrogen-bond donors (Lipinski definition) is 0. The lowest BCUT2D eigenvalue weighted by Gasteiger charge is -2.33. The molecule has 0 atom stereocenters. The van der Waals surface area contributed by atoms with Crippen molar-refractivity contribution in [2.45, 2.75) is 18.8 Å². The summed E-state index contributed by atoms with van der Waals surface area (Å²) in [4.78, 5) is 5.80. The van der Waals surface area contributed by atoms with Gasteiger partial charge in [0.05, 0.1) is 12.7 Å². The first-order valence-corrected chi connectivity index (χ1v) is 6.76. The molecule has 4 nitrogen and oxygen atoms in total. The summed E-state index contributed by atoms with van der Waals surface area (Å²) in [6.45, 7) is 0.371. The minimum absolute atomic E-state index is 0.0334. The minimum Gasteiger partial charge on any atom is -0.349 e. The highest BCUT2D eigenvalue weighted by molar-refractivity contribution is 14.1. The summed E-state index contributed by atoms with van der Waals surface area (Å²) in [6, 6.07) is 3.55. The molecule has 0 amide bonds. The van der Waals surface area contributed by atoms with Crippen molar-refractivity contribution in [2.75, 3.05) is 18.0 Å². The molecule has 7 heteroatoms. The zero-order chi connectivity index (χ0) is 12.8. The Morgan fingerprint density at radius 1 is 1.33 bits per heavy atom. The molecule has 0 spiro atoms. The lowest BCUT2D eigenvalue weighted by atomic mass is 10.1. The van der Waals surface area contributed by atoms with Gasteiger partial charge >= 0.3 is 0 Å². The summed E-state index contributed by atoms with van der Waals surface area (Å²) in [7, 11) is 0. The summed E-state index contributed by atoms with van der Waals surface area (Å²) in [5.74, 6) is -2.03. The van der Waals surface area contributed by atoms with Crippen LogP contribution in [-0.2, 0) is 0 Å². The number of aromatic nitrogens is 3. The van der Waals surface area contributed by atoms with Gasteiger partial charge in [0.2, 0.25) is 0 Å². The van der Waals surface area contributed by atoms with E-state index in [-0.39, 0.29) is 13.0 Å². The van der Waals surface area contributed by atoms with Gasteiger partial charge in [0.15, 0.2) is 5.65 Å². The smallest absolute Gasteiger partial charge is 0.265 e. The molecule has 1 aliphatic rings. The van der Waals surface area contributed by atoms with Crippen LogP contribution in [0.3, 0.4) is 0 Å². The molecular formula is C11H11F2IN4. The number of alkyl halides is 2. The second-order valence-electron chi connectivity index (χ2n) is 4.42. The summed E-state index contributed by atoms with van der Waals surface area (Å²) in [5.41, 5.74) is 0.729. The van der Waals surface area contributed by atoms with Gasteiger partial charge in [-0.25, -0.2) is 18.3 Å². The molecule has 0 radical (unpaired) electrons. The number of anilines is 1.